The van der Waals surface area contributed by atoms with Crippen LogP contribution in [0.3, 0.4) is 0 Å². The predicted molar refractivity (Wildman–Crippen MR) is 122 cm³/mol. The molecule has 0 unspecified atom stereocenters. The fraction of sp³-hybridized carbons (Fsp3) is 0.542. The summed E-state index contributed by atoms with van der Waals surface area (Å²) in [4.78, 5) is 27.0. The Morgan fingerprint density at radius 3 is 2.71 bits per heavy atom. The lowest BCUT2D eigenvalue weighted by Gasteiger charge is -2.32. The molecular formula is C24H33N5O2. The van der Waals surface area contributed by atoms with Crippen molar-refractivity contribution in [3.8, 4) is 11.4 Å². The number of piperidine rings is 1. The minimum atomic E-state index is -0.0994. The zero-order valence-electron chi connectivity index (χ0n) is 18.6. The Morgan fingerprint density at radius 1 is 1.19 bits per heavy atom. The molecule has 1 amide bonds. The van der Waals surface area contributed by atoms with E-state index in [1.807, 2.05) is 12.1 Å². The molecule has 2 fully saturated rings. The minimum absolute atomic E-state index is 0.0994. The number of carbonyl (C=O) groups is 1. The first kappa shape index (κ1) is 21.7. The number of hydrogen-bond donors (Lipinski definition) is 1. The van der Waals surface area contributed by atoms with Gasteiger partial charge in [0.25, 0.3) is 5.91 Å². The summed E-state index contributed by atoms with van der Waals surface area (Å²) in [6, 6.07) is 8.18. The number of carbonyl (C=O) groups excluding carboxylic acids is 1. The minimum Gasteiger partial charge on any atom is -0.379 e. The molecular weight excluding hydrogens is 390 g/mol. The van der Waals surface area contributed by atoms with Gasteiger partial charge in [0.1, 0.15) is 11.4 Å². The summed E-state index contributed by atoms with van der Waals surface area (Å²) >= 11 is 0. The second-order valence-corrected chi connectivity index (χ2v) is 8.68. The van der Waals surface area contributed by atoms with Crippen molar-refractivity contribution in [3.63, 3.8) is 0 Å². The van der Waals surface area contributed by atoms with Crippen LogP contribution in [0.4, 0.5) is 5.82 Å². The van der Waals surface area contributed by atoms with E-state index in [2.05, 4.69) is 46.1 Å². The van der Waals surface area contributed by atoms with Gasteiger partial charge >= 0.3 is 0 Å². The number of aryl methyl sites for hydroxylation is 1. The Hall–Kier alpha value is -2.51. The first-order chi connectivity index (χ1) is 15.1. The Balaban J connectivity index is 1.52. The van der Waals surface area contributed by atoms with Crippen molar-refractivity contribution in [2.75, 3.05) is 57.4 Å². The van der Waals surface area contributed by atoms with Crippen molar-refractivity contribution in [2.24, 2.45) is 5.92 Å². The first-order valence-electron chi connectivity index (χ1n) is 11.4. The molecule has 7 heteroatoms. The average Bonchev–Trinajstić information content (AvgIpc) is 2.80. The molecule has 2 aliphatic heterocycles. The summed E-state index contributed by atoms with van der Waals surface area (Å²) in [6.45, 7) is 11.0. The fourth-order valence-electron chi connectivity index (χ4n) is 4.17. The quantitative estimate of drug-likeness (QED) is 0.770. The molecule has 2 saturated heterocycles. The second kappa shape index (κ2) is 10.2. The maximum atomic E-state index is 13.1. The van der Waals surface area contributed by atoms with Crippen molar-refractivity contribution < 1.29 is 9.53 Å². The lowest BCUT2D eigenvalue weighted by Crippen LogP contribution is -2.41. The molecule has 1 aromatic heterocycles. The zero-order valence-corrected chi connectivity index (χ0v) is 18.6. The maximum absolute atomic E-state index is 13.1. The Labute approximate surface area is 184 Å². The van der Waals surface area contributed by atoms with Crippen molar-refractivity contribution >= 4 is 11.7 Å². The fourth-order valence-corrected chi connectivity index (χ4v) is 4.17. The van der Waals surface area contributed by atoms with Crippen LogP contribution in [0.2, 0.25) is 0 Å². The topological polar surface area (TPSA) is 70.6 Å². The van der Waals surface area contributed by atoms with Crippen LogP contribution in [0, 0.1) is 12.8 Å². The van der Waals surface area contributed by atoms with E-state index in [-0.39, 0.29) is 5.91 Å². The van der Waals surface area contributed by atoms with Crippen LogP contribution in [0.5, 0.6) is 0 Å². The van der Waals surface area contributed by atoms with Gasteiger partial charge in [-0.25, -0.2) is 9.97 Å². The van der Waals surface area contributed by atoms with Gasteiger partial charge in [0, 0.05) is 51.0 Å². The van der Waals surface area contributed by atoms with Crippen LogP contribution in [-0.4, -0.2) is 73.3 Å². The van der Waals surface area contributed by atoms with E-state index >= 15 is 0 Å². The molecule has 0 spiro atoms. The van der Waals surface area contributed by atoms with Gasteiger partial charge in [-0.15, -0.1) is 0 Å². The number of nitrogens with one attached hydrogen (secondary N) is 1. The van der Waals surface area contributed by atoms with E-state index in [1.165, 1.54) is 5.56 Å². The second-order valence-electron chi connectivity index (χ2n) is 8.68. The van der Waals surface area contributed by atoms with Crippen LogP contribution >= 0.6 is 0 Å². The van der Waals surface area contributed by atoms with Crippen molar-refractivity contribution in [1.82, 2.24) is 20.2 Å². The molecule has 31 heavy (non-hydrogen) atoms. The molecule has 4 rings (SSSR count). The summed E-state index contributed by atoms with van der Waals surface area (Å²) in [5, 5.41) is 3.07. The zero-order chi connectivity index (χ0) is 21.6. The van der Waals surface area contributed by atoms with Crippen molar-refractivity contribution in [2.45, 2.75) is 26.7 Å². The number of benzene rings is 1. The van der Waals surface area contributed by atoms with Crippen LogP contribution in [0.15, 0.2) is 30.5 Å². The number of anilines is 1. The number of rotatable bonds is 6. The molecule has 0 atom stereocenters. The highest BCUT2D eigenvalue weighted by Gasteiger charge is 2.24. The molecule has 166 valence electrons. The molecule has 2 aliphatic rings. The number of hydrogen-bond acceptors (Lipinski definition) is 6. The molecule has 0 saturated carbocycles. The number of nitrogens with zero attached hydrogens (tertiary/aromatic N) is 4. The summed E-state index contributed by atoms with van der Waals surface area (Å²) in [7, 11) is 0. The molecule has 1 N–H and O–H groups in total. The van der Waals surface area contributed by atoms with Gasteiger partial charge < -0.3 is 15.0 Å². The number of amides is 1. The highest BCUT2D eigenvalue weighted by molar-refractivity contribution is 5.99. The number of morpholine rings is 1. The largest absolute Gasteiger partial charge is 0.379 e. The Morgan fingerprint density at radius 2 is 1.97 bits per heavy atom. The molecule has 3 heterocycles. The Kier molecular flexibility index (Phi) is 7.14. The summed E-state index contributed by atoms with van der Waals surface area (Å²) in [5.41, 5.74) is 2.71. The van der Waals surface area contributed by atoms with Crippen LogP contribution in [-0.2, 0) is 4.74 Å². The van der Waals surface area contributed by atoms with Gasteiger partial charge in [-0.1, -0.05) is 30.7 Å². The van der Waals surface area contributed by atoms with E-state index in [4.69, 9.17) is 9.72 Å². The number of ether oxygens (including phenoxy) is 1. The molecule has 2 aromatic rings. The third-order valence-electron chi connectivity index (χ3n) is 6.19. The molecule has 0 radical (unpaired) electrons. The lowest BCUT2D eigenvalue weighted by atomic mass is 9.99. The van der Waals surface area contributed by atoms with E-state index < -0.39 is 0 Å². The van der Waals surface area contributed by atoms with Gasteiger partial charge in [-0.2, -0.15) is 0 Å². The first-order valence-corrected chi connectivity index (χ1v) is 11.4. The maximum Gasteiger partial charge on any atom is 0.256 e. The highest BCUT2D eigenvalue weighted by atomic mass is 16.5. The van der Waals surface area contributed by atoms with Gasteiger partial charge in [0.15, 0.2) is 5.82 Å². The monoisotopic (exact) mass is 423 g/mol. The third kappa shape index (κ3) is 5.60. The van der Waals surface area contributed by atoms with Gasteiger partial charge in [-0.3, -0.25) is 9.69 Å². The van der Waals surface area contributed by atoms with E-state index in [9.17, 15) is 4.79 Å². The third-order valence-corrected chi connectivity index (χ3v) is 6.19. The van der Waals surface area contributed by atoms with Gasteiger partial charge in [0.05, 0.1) is 13.2 Å². The summed E-state index contributed by atoms with van der Waals surface area (Å²) < 4.78 is 5.39. The smallest absolute Gasteiger partial charge is 0.256 e. The highest BCUT2D eigenvalue weighted by Crippen LogP contribution is 2.27. The molecule has 1 aromatic carbocycles. The van der Waals surface area contributed by atoms with E-state index in [1.54, 1.807) is 6.20 Å². The van der Waals surface area contributed by atoms with Crippen LogP contribution in [0.25, 0.3) is 11.4 Å². The standard InChI is InChI=1S/C24H33N5O2/c1-18-6-9-29(10-7-18)23-21(24(30)25-8-11-28-12-14-31-15-13-28)17-26-22(27-23)20-5-3-4-19(2)16-20/h3-5,16-18H,6-15H2,1-2H3,(H,25,30). The number of aromatic nitrogens is 2. The predicted octanol–water partition coefficient (Wildman–Crippen LogP) is 2.75. The average molecular weight is 424 g/mol. The van der Waals surface area contributed by atoms with E-state index in [0.717, 1.165) is 70.2 Å². The Bertz CT molecular complexity index is 889. The van der Waals surface area contributed by atoms with Gasteiger partial charge in [0.2, 0.25) is 0 Å². The lowest BCUT2D eigenvalue weighted by molar-refractivity contribution is 0.0383. The molecule has 7 nitrogen and oxygen atoms in total. The normalized spacial score (nSPS) is 18.2. The van der Waals surface area contributed by atoms with Crippen LogP contribution < -0.4 is 10.2 Å². The van der Waals surface area contributed by atoms with E-state index in [0.29, 0.717) is 23.9 Å². The SMILES string of the molecule is Cc1cccc(-c2ncc(C(=O)NCCN3CCOCC3)c(N3CCC(C)CC3)n2)c1. The van der Waals surface area contributed by atoms with Crippen molar-refractivity contribution in [1.29, 1.82) is 0 Å². The summed E-state index contributed by atoms with van der Waals surface area (Å²) in [6.07, 6.45) is 3.92. The van der Waals surface area contributed by atoms with Crippen molar-refractivity contribution in [3.05, 3.63) is 41.6 Å². The van der Waals surface area contributed by atoms with Crippen LogP contribution in [0.1, 0.15) is 35.7 Å². The van der Waals surface area contributed by atoms with Gasteiger partial charge in [-0.05, 0) is 31.7 Å². The molecule has 0 bridgehead atoms. The molecule has 0 aliphatic carbocycles. The summed E-state index contributed by atoms with van der Waals surface area (Å²) in [5.74, 6) is 2.03.